The Hall–Kier alpha value is -2.47. The lowest BCUT2D eigenvalue weighted by Gasteiger charge is -2.30. The van der Waals surface area contributed by atoms with Crippen molar-refractivity contribution < 1.29 is 26.4 Å². The summed E-state index contributed by atoms with van der Waals surface area (Å²) in [7, 11) is -4.21. The maximum absolute atomic E-state index is 13.1. The highest BCUT2D eigenvalue weighted by molar-refractivity contribution is 7.89. The zero-order valence-corrected chi connectivity index (χ0v) is 22.2. The van der Waals surface area contributed by atoms with E-state index in [0.717, 1.165) is 15.4 Å². The van der Waals surface area contributed by atoms with Gasteiger partial charge in [-0.05, 0) is 68.1 Å². The van der Waals surface area contributed by atoms with E-state index in [-0.39, 0.29) is 41.3 Å². The molecule has 1 N–H and O–H groups in total. The lowest BCUT2D eigenvalue weighted by atomic mass is 9.97. The Kier molecular flexibility index (Phi) is 8.58. The van der Waals surface area contributed by atoms with Crippen LogP contribution in [0, 0.1) is 12.8 Å². The predicted octanol–water partition coefficient (Wildman–Crippen LogP) is 2.36. The van der Waals surface area contributed by atoms with Crippen molar-refractivity contribution in [3.63, 3.8) is 0 Å². The molecule has 1 heterocycles. The number of nitrogens with one attached hydrogen (secondary N) is 1. The SMILES string of the molecule is CCOc1ccc(S(=O)(=O)N2CCC(C(=O)NCc3ccc(S(=O)(=O)N(C)C)cc3)CC2)cc1C. The van der Waals surface area contributed by atoms with Crippen LogP contribution in [-0.2, 0) is 31.4 Å². The summed E-state index contributed by atoms with van der Waals surface area (Å²) >= 11 is 0. The fraction of sp³-hybridized carbons (Fsp3) is 0.458. The van der Waals surface area contributed by atoms with Crippen molar-refractivity contribution in [1.29, 1.82) is 0 Å². The molecule has 1 amide bonds. The van der Waals surface area contributed by atoms with Gasteiger partial charge in [0.15, 0.2) is 0 Å². The molecule has 0 radical (unpaired) electrons. The van der Waals surface area contributed by atoms with Gasteiger partial charge in [0, 0.05) is 39.6 Å². The fourth-order valence-corrected chi connectivity index (χ4v) is 6.39. The van der Waals surface area contributed by atoms with Gasteiger partial charge < -0.3 is 10.1 Å². The molecule has 1 fully saturated rings. The van der Waals surface area contributed by atoms with Gasteiger partial charge in [0.25, 0.3) is 0 Å². The Bertz CT molecular complexity index is 1250. The quantitative estimate of drug-likeness (QED) is 0.540. The lowest BCUT2D eigenvalue weighted by Crippen LogP contribution is -2.42. The summed E-state index contributed by atoms with van der Waals surface area (Å²) in [5, 5.41) is 2.88. The van der Waals surface area contributed by atoms with Crippen molar-refractivity contribution in [2.24, 2.45) is 5.92 Å². The zero-order valence-electron chi connectivity index (χ0n) is 20.5. The number of rotatable bonds is 9. The van der Waals surface area contributed by atoms with Crippen LogP contribution in [0.5, 0.6) is 5.75 Å². The molecular weight excluding hydrogens is 490 g/mol. The first-order valence-electron chi connectivity index (χ1n) is 11.5. The molecule has 1 aliphatic rings. The molecule has 0 spiro atoms. The van der Waals surface area contributed by atoms with Crippen LogP contribution >= 0.6 is 0 Å². The number of amides is 1. The van der Waals surface area contributed by atoms with Crippen LogP contribution in [0.1, 0.15) is 30.9 Å². The van der Waals surface area contributed by atoms with Crippen molar-refractivity contribution in [2.75, 3.05) is 33.8 Å². The molecule has 0 saturated carbocycles. The average Bonchev–Trinajstić information content (AvgIpc) is 2.84. The summed E-state index contributed by atoms with van der Waals surface area (Å²) < 4.78 is 58.5. The third kappa shape index (κ3) is 6.21. The molecule has 35 heavy (non-hydrogen) atoms. The van der Waals surface area contributed by atoms with E-state index in [1.807, 2.05) is 13.8 Å². The molecule has 2 aromatic carbocycles. The van der Waals surface area contributed by atoms with Crippen LogP contribution < -0.4 is 10.1 Å². The highest BCUT2D eigenvalue weighted by atomic mass is 32.2. The first-order chi connectivity index (χ1) is 16.5. The second-order valence-electron chi connectivity index (χ2n) is 8.69. The van der Waals surface area contributed by atoms with Gasteiger partial charge in [0.2, 0.25) is 26.0 Å². The minimum atomic E-state index is -3.65. The second-order valence-corrected chi connectivity index (χ2v) is 12.8. The van der Waals surface area contributed by atoms with Gasteiger partial charge in [0.1, 0.15) is 5.75 Å². The smallest absolute Gasteiger partial charge is 0.243 e. The number of hydrogen-bond donors (Lipinski definition) is 1. The molecular formula is C24H33N3O6S2. The Morgan fingerprint density at radius 3 is 2.17 bits per heavy atom. The van der Waals surface area contributed by atoms with Gasteiger partial charge in [-0.2, -0.15) is 4.31 Å². The summed E-state index contributed by atoms with van der Waals surface area (Å²) in [4.78, 5) is 13.1. The molecule has 0 aromatic heterocycles. The predicted molar refractivity (Wildman–Crippen MR) is 133 cm³/mol. The molecule has 2 aromatic rings. The summed E-state index contributed by atoms with van der Waals surface area (Å²) in [5.41, 5.74) is 1.54. The lowest BCUT2D eigenvalue weighted by molar-refractivity contribution is -0.126. The second kappa shape index (κ2) is 11.1. The molecule has 9 nitrogen and oxygen atoms in total. The normalized spacial score (nSPS) is 15.8. The molecule has 0 atom stereocenters. The van der Waals surface area contributed by atoms with Gasteiger partial charge in [-0.15, -0.1) is 0 Å². The Balaban J connectivity index is 1.55. The number of sulfonamides is 2. The number of benzene rings is 2. The van der Waals surface area contributed by atoms with E-state index in [2.05, 4.69) is 5.32 Å². The summed E-state index contributed by atoms with van der Waals surface area (Å²) in [6, 6.07) is 11.2. The molecule has 0 unspecified atom stereocenters. The Labute approximate surface area is 208 Å². The molecule has 192 valence electrons. The summed E-state index contributed by atoms with van der Waals surface area (Å²) in [6.45, 7) is 5.00. The Morgan fingerprint density at radius 1 is 1.03 bits per heavy atom. The number of hydrogen-bond acceptors (Lipinski definition) is 6. The Morgan fingerprint density at radius 2 is 1.63 bits per heavy atom. The summed E-state index contributed by atoms with van der Waals surface area (Å²) in [5.74, 6) is 0.247. The first-order valence-corrected chi connectivity index (χ1v) is 14.4. The zero-order chi connectivity index (χ0) is 25.8. The maximum atomic E-state index is 13.1. The van der Waals surface area contributed by atoms with Crippen LogP contribution in [0.25, 0.3) is 0 Å². The largest absolute Gasteiger partial charge is 0.494 e. The van der Waals surface area contributed by atoms with Crippen LogP contribution in [0.2, 0.25) is 0 Å². The van der Waals surface area contributed by atoms with E-state index in [4.69, 9.17) is 4.74 Å². The van der Waals surface area contributed by atoms with Gasteiger partial charge in [-0.1, -0.05) is 12.1 Å². The number of piperidine rings is 1. The number of ether oxygens (including phenoxy) is 1. The van der Waals surface area contributed by atoms with Crippen molar-refractivity contribution in [3.05, 3.63) is 53.6 Å². The monoisotopic (exact) mass is 523 g/mol. The molecule has 1 saturated heterocycles. The molecule has 0 bridgehead atoms. The van der Waals surface area contributed by atoms with E-state index in [1.165, 1.54) is 30.5 Å². The van der Waals surface area contributed by atoms with E-state index in [1.54, 1.807) is 30.3 Å². The van der Waals surface area contributed by atoms with Crippen molar-refractivity contribution in [1.82, 2.24) is 13.9 Å². The van der Waals surface area contributed by atoms with Crippen molar-refractivity contribution in [2.45, 2.75) is 43.0 Å². The van der Waals surface area contributed by atoms with Gasteiger partial charge in [-0.3, -0.25) is 4.79 Å². The van der Waals surface area contributed by atoms with Crippen molar-refractivity contribution >= 4 is 26.0 Å². The molecule has 1 aliphatic heterocycles. The van der Waals surface area contributed by atoms with Crippen LogP contribution in [-0.4, -0.2) is 65.1 Å². The maximum Gasteiger partial charge on any atom is 0.243 e. The van der Waals surface area contributed by atoms with E-state index < -0.39 is 20.0 Å². The third-order valence-electron chi connectivity index (χ3n) is 6.08. The van der Waals surface area contributed by atoms with Crippen LogP contribution in [0.4, 0.5) is 0 Å². The van der Waals surface area contributed by atoms with E-state index in [0.29, 0.717) is 25.2 Å². The van der Waals surface area contributed by atoms with Crippen LogP contribution in [0.15, 0.2) is 52.3 Å². The topological polar surface area (TPSA) is 113 Å². The fourth-order valence-electron chi connectivity index (χ4n) is 3.93. The van der Waals surface area contributed by atoms with Gasteiger partial charge in [0.05, 0.1) is 16.4 Å². The molecule has 0 aliphatic carbocycles. The third-order valence-corrected chi connectivity index (χ3v) is 9.80. The highest BCUT2D eigenvalue weighted by Crippen LogP contribution is 2.27. The van der Waals surface area contributed by atoms with Gasteiger partial charge >= 0.3 is 0 Å². The number of carbonyl (C=O) groups excluding carboxylic acids is 1. The van der Waals surface area contributed by atoms with E-state index >= 15 is 0 Å². The minimum Gasteiger partial charge on any atom is -0.494 e. The standard InChI is InChI=1S/C24H33N3O6S2/c1-5-33-23-11-10-22(16-18(23)2)35(31,32)27-14-12-20(13-15-27)24(28)25-17-19-6-8-21(9-7-19)34(29,30)26(3)4/h6-11,16,20H,5,12-15,17H2,1-4H3,(H,25,28). The highest BCUT2D eigenvalue weighted by Gasteiger charge is 2.32. The van der Waals surface area contributed by atoms with E-state index in [9.17, 15) is 21.6 Å². The first kappa shape index (κ1) is 27.1. The summed E-state index contributed by atoms with van der Waals surface area (Å²) in [6.07, 6.45) is 0.863. The van der Waals surface area contributed by atoms with Gasteiger partial charge in [-0.25, -0.2) is 21.1 Å². The number of carbonyl (C=O) groups is 1. The van der Waals surface area contributed by atoms with Crippen molar-refractivity contribution in [3.8, 4) is 5.75 Å². The number of aryl methyl sites for hydroxylation is 1. The molecule has 11 heteroatoms. The average molecular weight is 524 g/mol. The minimum absolute atomic E-state index is 0.135. The number of nitrogens with zero attached hydrogens (tertiary/aromatic N) is 2. The van der Waals surface area contributed by atoms with Crippen LogP contribution in [0.3, 0.4) is 0 Å². The molecule has 3 rings (SSSR count).